The van der Waals surface area contributed by atoms with Gasteiger partial charge in [0.05, 0.1) is 13.2 Å². The fraction of sp³-hybridized carbons (Fsp3) is 1.00. The van der Waals surface area contributed by atoms with Crippen LogP contribution >= 0.6 is 0 Å². The second-order valence-corrected chi connectivity index (χ2v) is 3.72. The third-order valence-corrected chi connectivity index (χ3v) is 1.13. The van der Waals surface area contributed by atoms with E-state index in [0.717, 1.165) is 0 Å². The van der Waals surface area contributed by atoms with Crippen molar-refractivity contribution < 1.29 is 15.3 Å². The molecule has 0 aliphatic carbocycles. The molecular formula is C7H17NO3. The quantitative estimate of drug-likeness (QED) is 0.405. The molecule has 68 valence electrons. The van der Waals surface area contributed by atoms with E-state index in [9.17, 15) is 5.11 Å². The second-order valence-electron chi connectivity index (χ2n) is 3.72. The van der Waals surface area contributed by atoms with Crippen LogP contribution in [0.2, 0.25) is 0 Å². The first-order valence-electron chi connectivity index (χ1n) is 3.56. The summed E-state index contributed by atoms with van der Waals surface area (Å²) in [6, 6.07) is 0. The fourth-order valence-corrected chi connectivity index (χ4v) is 0.827. The summed E-state index contributed by atoms with van der Waals surface area (Å²) in [5.74, 6) is 0. The van der Waals surface area contributed by atoms with E-state index in [0.29, 0.717) is 0 Å². The van der Waals surface area contributed by atoms with Gasteiger partial charge < -0.3 is 15.3 Å². The molecule has 0 heterocycles. The van der Waals surface area contributed by atoms with Crippen LogP contribution in [0.25, 0.3) is 0 Å². The number of hydrogen-bond acceptors (Lipinski definition) is 4. The summed E-state index contributed by atoms with van der Waals surface area (Å²) in [6.07, 6.45) is 0. The Kier molecular flexibility index (Phi) is 3.44. The van der Waals surface area contributed by atoms with Crippen molar-refractivity contribution in [1.82, 2.24) is 5.32 Å². The molecule has 0 bridgehead atoms. The zero-order valence-corrected chi connectivity index (χ0v) is 7.26. The highest BCUT2D eigenvalue weighted by molar-refractivity contribution is 4.82. The maximum absolute atomic E-state index is 9.35. The van der Waals surface area contributed by atoms with Gasteiger partial charge in [0.15, 0.2) is 5.72 Å². The summed E-state index contributed by atoms with van der Waals surface area (Å²) in [6.45, 7) is 4.51. The van der Waals surface area contributed by atoms with Crippen molar-refractivity contribution in [1.29, 1.82) is 0 Å². The predicted octanol–water partition coefficient (Wildman–Crippen LogP) is -0.952. The standard InChI is InChI=1S/C7H17NO3/c1-6(2,3)8-7(11,4-9)5-10/h8-11H,4-5H2,1-3H3. The lowest BCUT2D eigenvalue weighted by atomic mass is 10.1. The van der Waals surface area contributed by atoms with Crippen LogP contribution in [0.1, 0.15) is 20.8 Å². The molecule has 0 radical (unpaired) electrons. The first kappa shape index (κ1) is 10.8. The van der Waals surface area contributed by atoms with E-state index < -0.39 is 18.9 Å². The van der Waals surface area contributed by atoms with Crippen molar-refractivity contribution in [3.05, 3.63) is 0 Å². The molecule has 0 aromatic rings. The summed E-state index contributed by atoms with van der Waals surface area (Å²) in [7, 11) is 0. The van der Waals surface area contributed by atoms with Gasteiger partial charge in [-0.3, -0.25) is 5.32 Å². The van der Waals surface area contributed by atoms with Crippen molar-refractivity contribution >= 4 is 0 Å². The Bertz CT molecular complexity index is 115. The number of rotatable bonds is 3. The van der Waals surface area contributed by atoms with Gasteiger partial charge in [-0.1, -0.05) is 0 Å². The Morgan fingerprint density at radius 2 is 1.45 bits per heavy atom. The average Bonchev–Trinajstić information content (AvgIpc) is 1.84. The molecule has 0 fully saturated rings. The van der Waals surface area contributed by atoms with Crippen molar-refractivity contribution in [2.24, 2.45) is 0 Å². The molecule has 0 aliphatic heterocycles. The molecule has 0 saturated carbocycles. The summed E-state index contributed by atoms with van der Waals surface area (Å²) in [5.41, 5.74) is -1.90. The van der Waals surface area contributed by atoms with E-state index in [1.165, 1.54) is 0 Å². The number of nitrogens with one attached hydrogen (secondary N) is 1. The zero-order chi connectivity index (χ0) is 9.12. The monoisotopic (exact) mass is 163 g/mol. The zero-order valence-electron chi connectivity index (χ0n) is 7.26. The lowest BCUT2D eigenvalue weighted by Gasteiger charge is -2.33. The normalized spacial score (nSPS) is 13.6. The molecule has 0 rings (SSSR count). The number of hydrogen-bond donors (Lipinski definition) is 4. The lowest BCUT2D eigenvalue weighted by Crippen LogP contribution is -2.58. The van der Waals surface area contributed by atoms with Gasteiger partial charge in [0.1, 0.15) is 0 Å². The van der Waals surface area contributed by atoms with E-state index >= 15 is 0 Å². The van der Waals surface area contributed by atoms with Gasteiger partial charge in [-0.2, -0.15) is 0 Å². The van der Waals surface area contributed by atoms with Crippen molar-refractivity contribution in [2.45, 2.75) is 32.0 Å². The average molecular weight is 163 g/mol. The van der Waals surface area contributed by atoms with E-state index in [-0.39, 0.29) is 5.54 Å². The highest BCUT2D eigenvalue weighted by Crippen LogP contribution is 2.06. The molecule has 4 nitrogen and oxygen atoms in total. The molecule has 0 aliphatic rings. The minimum absolute atomic E-state index is 0.333. The van der Waals surface area contributed by atoms with Gasteiger partial charge in [0, 0.05) is 5.54 Å². The van der Waals surface area contributed by atoms with Crippen LogP contribution in [0.3, 0.4) is 0 Å². The SMILES string of the molecule is CC(C)(C)NC(O)(CO)CO. The minimum Gasteiger partial charge on any atom is -0.392 e. The highest BCUT2D eigenvalue weighted by atomic mass is 16.4. The predicted molar refractivity (Wildman–Crippen MR) is 42.0 cm³/mol. The minimum atomic E-state index is -1.57. The first-order valence-corrected chi connectivity index (χ1v) is 3.56. The van der Waals surface area contributed by atoms with Gasteiger partial charge >= 0.3 is 0 Å². The van der Waals surface area contributed by atoms with Gasteiger partial charge in [0.25, 0.3) is 0 Å². The van der Waals surface area contributed by atoms with Crippen LogP contribution in [0.5, 0.6) is 0 Å². The van der Waals surface area contributed by atoms with E-state index in [1.807, 2.05) is 20.8 Å². The topological polar surface area (TPSA) is 72.7 Å². The van der Waals surface area contributed by atoms with Gasteiger partial charge in [-0.25, -0.2) is 0 Å². The molecule has 4 N–H and O–H groups in total. The van der Waals surface area contributed by atoms with Crippen LogP contribution in [0.15, 0.2) is 0 Å². The third-order valence-electron chi connectivity index (χ3n) is 1.13. The van der Waals surface area contributed by atoms with Crippen molar-refractivity contribution in [3.63, 3.8) is 0 Å². The molecule has 11 heavy (non-hydrogen) atoms. The fourth-order valence-electron chi connectivity index (χ4n) is 0.827. The molecule has 0 amide bonds. The highest BCUT2D eigenvalue weighted by Gasteiger charge is 2.29. The number of aliphatic hydroxyl groups excluding tert-OH is 2. The largest absolute Gasteiger partial charge is 0.392 e. The van der Waals surface area contributed by atoms with E-state index in [4.69, 9.17) is 10.2 Å². The molecular weight excluding hydrogens is 146 g/mol. The van der Waals surface area contributed by atoms with Crippen molar-refractivity contribution in [2.75, 3.05) is 13.2 Å². The Balaban J connectivity index is 4.08. The summed E-state index contributed by atoms with van der Waals surface area (Å²) >= 11 is 0. The maximum atomic E-state index is 9.35. The molecule has 0 unspecified atom stereocenters. The Labute approximate surface area is 66.9 Å². The molecule has 0 aromatic carbocycles. The van der Waals surface area contributed by atoms with Gasteiger partial charge in [-0.05, 0) is 20.8 Å². The van der Waals surface area contributed by atoms with Crippen LogP contribution in [0, 0.1) is 0 Å². The molecule has 4 heteroatoms. The van der Waals surface area contributed by atoms with Gasteiger partial charge in [-0.15, -0.1) is 0 Å². The van der Waals surface area contributed by atoms with Crippen LogP contribution in [0.4, 0.5) is 0 Å². The summed E-state index contributed by atoms with van der Waals surface area (Å²) in [5, 5.41) is 29.4. The van der Waals surface area contributed by atoms with E-state index in [1.54, 1.807) is 0 Å². The van der Waals surface area contributed by atoms with Crippen LogP contribution in [-0.2, 0) is 0 Å². The molecule has 0 atom stereocenters. The summed E-state index contributed by atoms with van der Waals surface area (Å²) < 4.78 is 0. The van der Waals surface area contributed by atoms with Gasteiger partial charge in [0.2, 0.25) is 0 Å². The van der Waals surface area contributed by atoms with Crippen LogP contribution < -0.4 is 5.32 Å². The molecule has 0 saturated heterocycles. The summed E-state index contributed by atoms with van der Waals surface area (Å²) in [4.78, 5) is 0. The Morgan fingerprint density at radius 3 is 1.55 bits per heavy atom. The third kappa shape index (κ3) is 4.31. The Morgan fingerprint density at radius 1 is 1.09 bits per heavy atom. The maximum Gasteiger partial charge on any atom is 0.162 e. The second kappa shape index (κ2) is 3.49. The molecule has 0 spiro atoms. The molecule has 0 aromatic heterocycles. The first-order chi connectivity index (χ1) is 4.83. The smallest absolute Gasteiger partial charge is 0.162 e. The van der Waals surface area contributed by atoms with E-state index in [2.05, 4.69) is 5.32 Å². The lowest BCUT2D eigenvalue weighted by molar-refractivity contribution is -0.0935. The number of aliphatic hydroxyl groups is 3. The Hall–Kier alpha value is -0.160. The van der Waals surface area contributed by atoms with Crippen molar-refractivity contribution in [3.8, 4) is 0 Å². The van der Waals surface area contributed by atoms with Crippen LogP contribution in [-0.4, -0.2) is 39.8 Å².